The Bertz CT molecular complexity index is 112. The van der Waals surface area contributed by atoms with Crippen molar-refractivity contribution in [3.8, 4) is 0 Å². The van der Waals surface area contributed by atoms with Crippen LogP contribution in [0.2, 0.25) is 0 Å². The van der Waals surface area contributed by atoms with Gasteiger partial charge in [0.15, 0.2) is 0 Å². The summed E-state index contributed by atoms with van der Waals surface area (Å²) < 4.78 is 0. The third-order valence-corrected chi connectivity index (χ3v) is 1.03. The van der Waals surface area contributed by atoms with Crippen molar-refractivity contribution in [1.82, 2.24) is 5.32 Å². The Morgan fingerprint density at radius 1 is 1.89 bits per heavy atom. The summed E-state index contributed by atoms with van der Waals surface area (Å²) in [6.45, 7) is 1.74. The summed E-state index contributed by atoms with van der Waals surface area (Å²) in [5, 5.41) is 11.1. The number of aliphatic carboxylic acids is 1. The summed E-state index contributed by atoms with van der Waals surface area (Å²) >= 11 is 0. The van der Waals surface area contributed by atoms with Crippen molar-refractivity contribution in [3.63, 3.8) is 0 Å². The average molecular weight is 132 g/mol. The highest BCUT2D eigenvalue weighted by molar-refractivity contribution is 5.78. The Morgan fingerprint density at radius 3 is 2.44 bits per heavy atom. The van der Waals surface area contributed by atoms with Gasteiger partial charge in [0.05, 0.1) is 0 Å². The summed E-state index contributed by atoms with van der Waals surface area (Å²) in [5.74, 6) is -0.989. The molecule has 0 aromatic carbocycles. The summed E-state index contributed by atoms with van der Waals surface area (Å²) in [6, 6.07) is 0. The van der Waals surface area contributed by atoms with E-state index in [4.69, 9.17) is 10.8 Å². The molecule has 0 aliphatic heterocycles. The minimum Gasteiger partial charge on any atom is -0.480 e. The highest BCUT2D eigenvalue weighted by Gasteiger charge is 2.26. The molecule has 0 saturated carbocycles. The Labute approximate surface area is 54.0 Å². The van der Waals surface area contributed by atoms with E-state index in [0.29, 0.717) is 0 Å². The Hall–Kier alpha value is -0.610. The molecule has 4 nitrogen and oxygen atoms in total. The highest BCUT2D eigenvalue weighted by Crippen LogP contribution is 1.94. The summed E-state index contributed by atoms with van der Waals surface area (Å²) in [6.07, 6.45) is 0. The van der Waals surface area contributed by atoms with Crippen molar-refractivity contribution in [1.29, 1.82) is 0 Å². The zero-order valence-electron chi connectivity index (χ0n) is 5.64. The normalized spacial score (nSPS) is 16.8. The average Bonchev–Trinajstić information content (AvgIpc) is 1.65. The van der Waals surface area contributed by atoms with Crippen LogP contribution in [0.25, 0.3) is 0 Å². The van der Waals surface area contributed by atoms with Gasteiger partial charge in [-0.05, 0) is 14.0 Å². The molecule has 0 aliphatic carbocycles. The second-order valence-electron chi connectivity index (χ2n) is 2.25. The van der Waals surface area contributed by atoms with E-state index in [1.165, 1.54) is 6.92 Å². The third kappa shape index (κ3) is 2.43. The van der Waals surface area contributed by atoms with E-state index in [-0.39, 0.29) is 6.54 Å². The van der Waals surface area contributed by atoms with Crippen LogP contribution in [0.15, 0.2) is 0 Å². The van der Waals surface area contributed by atoms with Gasteiger partial charge in [0.2, 0.25) is 0 Å². The van der Waals surface area contributed by atoms with Crippen LogP contribution in [0.4, 0.5) is 0 Å². The zero-order valence-corrected chi connectivity index (χ0v) is 5.64. The molecule has 4 heteroatoms. The summed E-state index contributed by atoms with van der Waals surface area (Å²) in [4.78, 5) is 10.2. The number of rotatable bonds is 3. The van der Waals surface area contributed by atoms with Gasteiger partial charge in [-0.3, -0.25) is 4.79 Å². The molecule has 0 rings (SSSR count). The van der Waals surface area contributed by atoms with Crippen LogP contribution in [-0.4, -0.2) is 30.2 Å². The maximum Gasteiger partial charge on any atom is 0.324 e. The minimum atomic E-state index is -1.14. The van der Waals surface area contributed by atoms with E-state index in [2.05, 4.69) is 5.32 Å². The molecule has 1 atom stereocenters. The second-order valence-corrected chi connectivity index (χ2v) is 2.25. The Balaban J connectivity index is 3.85. The van der Waals surface area contributed by atoms with Crippen LogP contribution in [-0.2, 0) is 4.79 Å². The van der Waals surface area contributed by atoms with Gasteiger partial charge in [0.25, 0.3) is 0 Å². The molecule has 4 N–H and O–H groups in total. The molecule has 9 heavy (non-hydrogen) atoms. The third-order valence-electron chi connectivity index (χ3n) is 1.03. The molecule has 0 aromatic heterocycles. The number of hydrogen-bond acceptors (Lipinski definition) is 3. The first kappa shape index (κ1) is 8.39. The van der Waals surface area contributed by atoms with E-state index >= 15 is 0 Å². The molecular formula is C5H12N2O2. The molecule has 0 saturated heterocycles. The maximum absolute atomic E-state index is 10.2. The van der Waals surface area contributed by atoms with Crippen LogP contribution >= 0.6 is 0 Å². The number of hydrogen-bond donors (Lipinski definition) is 3. The van der Waals surface area contributed by atoms with Crippen molar-refractivity contribution >= 4 is 5.97 Å². The van der Waals surface area contributed by atoms with Gasteiger partial charge < -0.3 is 16.2 Å². The molecule has 0 aromatic rings. The molecule has 0 aliphatic rings. The smallest absolute Gasteiger partial charge is 0.324 e. The first-order chi connectivity index (χ1) is 4.00. The van der Waals surface area contributed by atoms with Gasteiger partial charge in [-0.1, -0.05) is 0 Å². The SMILES string of the molecule is CNCC(C)(N)C(=O)O. The van der Waals surface area contributed by atoms with Crippen LogP contribution in [0, 0.1) is 0 Å². The standard InChI is InChI=1S/C5H12N2O2/c1-5(6,3-7-2)4(8)9/h7H,3,6H2,1-2H3,(H,8,9). The molecule has 1 unspecified atom stereocenters. The van der Waals surface area contributed by atoms with Crippen LogP contribution in [0.1, 0.15) is 6.92 Å². The molecule has 0 fully saturated rings. The van der Waals surface area contributed by atoms with Gasteiger partial charge in [-0.15, -0.1) is 0 Å². The largest absolute Gasteiger partial charge is 0.480 e. The Kier molecular flexibility index (Phi) is 2.61. The number of carboxylic acids is 1. The predicted octanol–water partition coefficient (Wildman–Crippen LogP) is -0.992. The van der Waals surface area contributed by atoms with Crippen molar-refractivity contribution < 1.29 is 9.90 Å². The van der Waals surface area contributed by atoms with Gasteiger partial charge >= 0.3 is 5.97 Å². The number of nitrogens with two attached hydrogens (primary N) is 1. The lowest BCUT2D eigenvalue weighted by Gasteiger charge is -2.17. The van der Waals surface area contributed by atoms with Crippen LogP contribution in [0.5, 0.6) is 0 Å². The molecule has 0 heterocycles. The molecule has 0 amide bonds. The monoisotopic (exact) mass is 132 g/mol. The van der Waals surface area contributed by atoms with Crippen molar-refractivity contribution in [2.75, 3.05) is 13.6 Å². The van der Waals surface area contributed by atoms with E-state index < -0.39 is 11.5 Å². The number of likely N-dealkylation sites (N-methyl/N-ethyl adjacent to an activating group) is 1. The van der Waals surface area contributed by atoms with Crippen molar-refractivity contribution in [3.05, 3.63) is 0 Å². The fraction of sp³-hybridized carbons (Fsp3) is 0.800. The van der Waals surface area contributed by atoms with Gasteiger partial charge in [0.1, 0.15) is 5.54 Å². The van der Waals surface area contributed by atoms with E-state index in [9.17, 15) is 4.79 Å². The van der Waals surface area contributed by atoms with Crippen molar-refractivity contribution in [2.45, 2.75) is 12.5 Å². The van der Waals surface area contributed by atoms with Crippen molar-refractivity contribution in [2.24, 2.45) is 5.73 Å². The van der Waals surface area contributed by atoms with Crippen LogP contribution in [0.3, 0.4) is 0 Å². The molecule has 0 radical (unpaired) electrons. The lowest BCUT2D eigenvalue weighted by Crippen LogP contribution is -2.51. The molecule has 0 bridgehead atoms. The summed E-state index contributed by atoms with van der Waals surface area (Å²) in [5.41, 5.74) is 4.16. The lowest BCUT2D eigenvalue weighted by molar-refractivity contribution is -0.142. The van der Waals surface area contributed by atoms with E-state index in [0.717, 1.165) is 0 Å². The molecule has 54 valence electrons. The number of carbonyl (C=O) groups is 1. The highest BCUT2D eigenvalue weighted by atomic mass is 16.4. The quantitative estimate of drug-likeness (QED) is 0.461. The molecule has 0 spiro atoms. The fourth-order valence-corrected chi connectivity index (χ4v) is 0.443. The van der Waals surface area contributed by atoms with Gasteiger partial charge in [0, 0.05) is 6.54 Å². The van der Waals surface area contributed by atoms with E-state index in [1.54, 1.807) is 7.05 Å². The summed E-state index contributed by atoms with van der Waals surface area (Å²) in [7, 11) is 1.66. The Morgan fingerprint density at radius 2 is 2.33 bits per heavy atom. The van der Waals surface area contributed by atoms with Crippen LogP contribution < -0.4 is 11.1 Å². The topological polar surface area (TPSA) is 75.3 Å². The number of carboxylic acid groups (broad SMARTS) is 1. The lowest BCUT2D eigenvalue weighted by atomic mass is 10.1. The number of nitrogens with one attached hydrogen (secondary N) is 1. The fourth-order valence-electron chi connectivity index (χ4n) is 0.443. The van der Waals surface area contributed by atoms with Gasteiger partial charge in [-0.25, -0.2) is 0 Å². The zero-order chi connectivity index (χ0) is 7.49. The molecular weight excluding hydrogens is 120 g/mol. The first-order valence-electron chi connectivity index (χ1n) is 2.67. The predicted molar refractivity (Wildman–Crippen MR) is 34.2 cm³/mol. The minimum absolute atomic E-state index is 0.280. The van der Waals surface area contributed by atoms with E-state index in [1.807, 2.05) is 0 Å². The maximum atomic E-state index is 10.2. The van der Waals surface area contributed by atoms with Gasteiger partial charge in [-0.2, -0.15) is 0 Å². The first-order valence-corrected chi connectivity index (χ1v) is 2.67. The second kappa shape index (κ2) is 2.80.